The van der Waals surface area contributed by atoms with E-state index in [-0.39, 0.29) is 0 Å². The number of hydrogen-bond acceptors (Lipinski definition) is 2. The molecule has 1 aromatic rings. The summed E-state index contributed by atoms with van der Waals surface area (Å²) in [4.78, 5) is 0. The summed E-state index contributed by atoms with van der Waals surface area (Å²) in [6, 6.07) is 7.79. The molecule has 2 nitrogen and oxygen atoms in total. The van der Waals surface area contributed by atoms with E-state index in [0.29, 0.717) is 0 Å². The molecule has 0 spiro atoms. The van der Waals surface area contributed by atoms with Crippen molar-refractivity contribution in [2.24, 2.45) is 10.2 Å². The average Bonchev–Trinajstić information content (AvgIpc) is 2.03. The third-order valence-corrected chi connectivity index (χ3v) is 1.37. The Morgan fingerprint density at radius 3 is 2.73 bits per heavy atom. The fourth-order valence-electron chi connectivity index (χ4n) is 0.780. The highest BCUT2D eigenvalue weighted by molar-refractivity contribution is 5.24. The van der Waals surface area contributed by atoms with Gasteiger partial charge in [-0.1, -0.05) is 30.8 Å². The van der Waals surface area contributed by atoms with Crippen molar-refractivity contribution in [1.82, 2.24) is 0 Å². The molecule has 0 bridgehead atoms. The van der Waals surface area contributed by atoms with E-state index in [1.807, 2.05) is 24.3 Å². The third kappa shape index (κ3) is 2.00. The highest BCUT2D eigenvalue weighted by atomic mass is 15.1. The topological polar surface area (TPSA) is 24.7 Å². The van der Waals surface area contributed by atoms with E-state index in [1.54, 1.807) is 13.2 Å². The van der Waals surface area contributed by atoms with Crippen molar-refractivity contribution in [1.29, 1.82) is 0 Å². The Labute approximate surface area is 65.6 Å². The molecule has 0 fully saturated rings. The van der Waals surface area contributed by atoms with Crippen molar-refractivity contribution < 1.29 is 0 Å². The first kappa shape index (κ1) is 7.66. The summed E-state index contributed by atoms with van der Waals surface area (Å²) in [6.45, 7) is 3.84. The van der Waals surface area contributed by atoms with Crippen molar-refractivity contribution in [3.63, 3.8) is 0 Å². The summed E-state index contributed by atoms with van der Waals surface area (Å²) < 4.78 is 0. The Hall–Kier alpha value is -1.44. The van der Waals surface area contributed by atoms with Crippen molar-refractivity contribution in [2.75, 3.05) is 7.05 Å². The Morgan fingerprint density at radius 2 is 2.09 bits per heavy atom. The second kappa shape index (κ2) is 3.66. The smallest absolute Gasteiger partial charge is 0.0569 e. The highest BCUT2D eigenvalue weighted by Gasteiger charge is 1.77. The minimum Gasteiger partial charge on any atom is -0.193 e. The lowest BCUT2D eigenvalue weighted by Gasteiger charge is -1.83. The van der Waals surface area contributed by atoms with Gasteiger partial charge in [0.1, 0.15) is 0 Å². The lowest BCUT2D eigenvalue weighted by molar-refractivity contribution is 1.20. The molecule has 0 radical (unpaired) electrons. The van der Waals surface area contributed by atoms with Crippen LogP contribution in [0, 0.1) is 0 Å². The van der Waals surface area contributed by atoms with Crippen molar-refractivity contribution in [3.8, 4) is 0 Å². The third-order valence-electron chi connectivity index (χ3n) is 1.37. The summed E-state index contributed by atoms with van der Waals surface area (Å²) in [5.74, 6) is 0. The fourth-order valence-corrected chi connectivity index (χ4v) is 0.780. The number of benzene rings is 1. The lowest BCUT2D eigenvalue weighted by atomic mass is 10.3. The van der Waals surface area contributed by atoms with Gasteiger partial charge in [0.05, 0.1) is 6.20 Å². The molecule has 0 saturated carbocycles. The fraction of sp³-hybridized carbons (Fsp3) is 0.111. The van der Waals surface area contributed by atoms with Crippen LogP contribution in [-0.2, 0) is 0 Å². The molecule has 56 valence electrons. The predicted molar refractivity (Wildman–Crippen MR) is 46.5 cm³/mol. The minimum absolute atomic E-state index is 0.972. The van der Waals surface area contributed by atoms with Gasteiger partial charge in [0.2, 0.25) is 0 Å². The first-order chi connectivity index (χ1) is 5.34. The summed E-state index contributed by atoms with van der Waals surface area (Å²) >= 11 is 0. The van der Waals surface area contributed by atoms with Crippen LogP contribution in [0.4, 0.5) is 0 Å². The van der Waals surface area contributed by atoms with Crippen LogP contribution in [0.2, 0.25) is 0 Å². The van der Waals surface area contributed by atoms with E-state index in [4.69, 9.17) is 0 Å². The zero-order valence-electron chi connectivity index (χ0n) is 6.49. The van der Waals surface area contributed by atoms with Gasteiger partial charge in [-0.3, -0.25) is 0 Å². The molecule has 0 N–H and O–H groups in total. The SMILES string of the molecule is C=c1cccc/c1=C/N=NC. The molecule has 11 heavy (non-hydrogen) atoms. The second-order valence-corrected chi connectivity index (χ2v) is 2.14. The average molecular weight is 146 g/mol. The number of hydrogen-bond donors (Lipinski definition) is 0. The van der Waals surface area contributed by atoms with Gasteiger partial charge in [-0.05, 0) is 5.22 Å². The molecule has 0 saturated heterocycles. The molecular weight excluding hydrogens is 136 g/mol. The molecule has 1 rings (SSSR count). The molecule has 0 aromatic heterocycles. The van der Waals surface area contributed by atoms with E-state index in [2.05, 4.69) is 16.8 Å². The van der Waals surface area contributed by atoms with Crippen LogP contribution in [0.1, 0.15) is 0 Å². The number of nitrogens with zero attached hydrogens (tertiary/aromatic N) is 2. The Morgan fingerprint density at radius 1 is 1.36 bits per heavy atom. The normalized spacial score (nSPS) is 12.6. The Bertz CT molecular complexity index is 352. The zero-order chi connectivity index (χ0) is 8.10. The predicted octanol–water partition coefficient (Wildman–Crippen LogP) is 0.917. The van der Waals surface area contributed by atoms with Crippen LogP contribution in [0.25, 0.3) is 12.8 Å². The molecule has 0 atom stereocenters. The summed E-state index contributed by atoms with van der Waals surface area (Å²) in [5, 5.41) is 9.36. The van der Waals surface area contributed by atoms with Crippen molar-refractivity contribution in [3.05, 3.63) is 34.7 Å². The van der Waals surface area contributed by atoms with E-state index in [9.17, 15) is 0 Å². The lowest BCUT2D eigenvalue weighted by Crippen LogP contribution is -2.21. The maximum atomic E-state index is 3.84. The molecule has 1 aromatic carbocycles. The van der Waals surface area contributed by atoms with Crippen LogP contribution in [0.15, 0.2) is 34.5 Å². The van der Waals surface area contributed by atoms with Gasteiger partial charge in [0.15, 0.2) is 0 Å². The molecule has 0 aliphatic heterocycles. The van der Waals surface area contributed by atoms with E-state index >= 15 is 0 Å². The number of azo groups is 1. The molecule has 0 aliphatic carbocycles. The minimum atomic E-state index is 0.972. The standard InChI is InChI=1S/C9H10N2/c1-8-5-3-4-6-9(8)7-11-10-2/h3-7H,1H2,2H3/b9-7-,11-10?. The first-order valence-electron chi connectivity index (χ1n) is 3.37. The molecule has 0 aliphatic rings. The van der Waals surface area contributed by atoms with Crippen LogP contribution in [0.3, 0.4) is 0 Å². The molecule has 0 heterocycles. The van der Waals surface area contributed by atoms with Crippen LogP contribution < -0.4 is 10.4 Å². The highest BCUT2D eigenvalue weighted by Crippen LogP contribution is 1.73. The second-order valence-electron chi connectivity index (χ2n) is 2.14. The van der Waals surface area contributed by atoms with Gasteiger partial charge in [-0.15, -0.1) is 0 Å². The van der Waals surface area contributed by atoms with Crippen LogP contribution in [0.5, 0.6) is 0 Å². The van der Waals surface area contributed by atoms with Gasteiger partial charge in [-0.25, -0.2) is 0 Å². The quantitative estimate of drug-likeness (QED) is 0.526. The maximum Gasteiger partial charge on any atom is 0.0569 e. The van der Waals surface area contributed by atoms with E-state index in [0.717, 1.165) is 10.4 Å². The van der Waals surface area contributed by atoms with Crippen LogP contribution in [-0.4, -0.2) is 7.05 Å². The zero-order valence-corrected chi connectivity index (χ0v) is 6.49. The van der Waals surface area contributed by atoms with Gasteiger partial charge < -0.3 is 0 Å². The van der Waals surface area contributed by atoms with Gasteiger partial charge in [0.25, 0.3) is 0 Å². The summed E-state index contributed by atoms with van der Waals surface area (Å²) in [7, 11) is 1.64. The molecule has 2 heteroatoms. The largest absolute Gasteiger partial charge is 0.193 e. The van der Waals surface area contributed by atoms with E-state index in [1.165, 1.54) is 0 Å². The Balaban J connectivity index is 3.24. The molecule has 0 unspecified atom stereocenters. The number of rotatable bonds is 1. The summed E-state index contributed by atoms with van der Waals surface area (Å²) in [6.07, 6.45) is 1.70. The van der Waals surface area contributed by atoms with Crippen molar-refractivity contribution >= 4 is 12.8 Å². The molecule has 0 amide bonds. The first-order valence-corrected chi connectivity index (χ1v) is 3.37. The van der Waals surface area contributed by atoms with Crippen molar-refractivity contribution in [2.45, 2.75) is 0 Å². The van der Waals surface area contributed by atoms with Gasteiger partial charge >= 0.3 is 0 Å². The van der Waals surface area contributed by atoms with Crippen LogP contribution >= 0.6 is 0 Å². The van der Waals surface area contributed by atoms with Gasteiger partial charge in [0, 0.05) is 12.3 Å². The monoisotopic (exact) mass is 146 g/mol. The van der Waals surface area contributed by atoms with Gasteiger partial charge in [-0.2, -0.15) is 10.2 Å². The maximum absolute atomic E-state index is 3.84. The van der Waals surface area contributed by atoms with E-state index < -0.39 is 0 Å². The summed E-state index contributed by atoms with van der Waals surface area (Å²) in [5.41, 5.74) is 0. The Kier molecular flexibility index (Phi) is 2.55. The molecular formula is C9H10N2.